The molecule has 2 rings (SSSR count). The number of hydrogen-bond acceptors (Lipinski definition) is 6. The molecule has 0 N–H and O–H groups in total. The molecular weight excluding hydrogens is 348 g/mol. The van der Waals surface area contributed by atoms with Crippen LogP contribution in [0.3, 0.4) is 0 Å². The fourth-order valence-corrected chi connectivity index (χ4v) is 2.56. The Bertz CT molecular complexity index is 939. The molecule has 140 valence electrons. The zero-order valence-electron chi connectivity index (χ0n) is 15.4. The van der Waals surface area contributed by atoms with Crippen molar-refractivity contribution in [2.24, 2.45) is 7.05 Å². The summed E-state index contributed by atoms with van der Waals surface area (Å²) < 4.78 is 6.04. The summed E-state index contributed by atoms with van der Waals surface area (Å²) in [7, 11) is 1.41. The van der Waals surface area contributed by atoms with Gasteiger partial charge in [-0.15, -0.1) is 0 Å². The Morgan fingerprint density at radius 3 is 2.48 bits per heavy atom. The molecule has 0 radical (unpaired) electrons. The number of benzene rings is 1. The standard InChI is InChI=1S/C19H20N4O4/c1-13-9-14(2)11-15(10-13)23(8-4-7-20)18(25)12-27-19(26)16-5-6-17(24)22(3)21-16/h5-6,9-11H,4,8,12H2,1-3H3. The summed E-state index contributed by atoms with van der Waals surface area (Å²) in [5.41, 5.74) is 2.17. The quantitative estimate of drug-likeness (QED) is 0.716. The summed E-state index contributed by atoms with van der Waals surface area (Å²) in [5, 5.41) is 12.6. The van der Waals surface area contributed by atoms with Crippen LogP contribution in [0.5, 0.6) is 0 Å². The molecule has 0 saturated heterocycles. The minimum absolute atomic E-state index is 0.0696. The van der Waals surface area contributed by atoms with E-state index < -0.39 is 18.5 Å². The van der Waals surface area contributed by atoms with Crippen LogP contribution in [0.1, 0.15) is 28.0 Å². The van der Waals surface area contributed by atoms with E-state index in [9.17, 15) is 14.4 Å². The maximum Gasteiger partial charge on any atom is 0.359 e. The van der Waals surface area contributed by atoms with E-state index in [1.165, 1.54) is 24.1 Å². The van der Waals surface area contributed by atoms with E-state index in [2.05, 4.69) is 5.10 Å². The molecule has 1 amide bonds. The van der Waals surface area contributed by atoms with Crippen LogP contribution in [0.2, 0.25) is 0 Å². The molecule has 1 aromatic heterocycles. The number of aromatic nitrogens is 2. The van der Waals surface area contributed by atoms with Crippen LogP contribution in [0.25, 0.3) is 0 Å². The number of carbonyl (C=O) groups excluding carboxylic acids is 2. The summed E-state index contributed by atoms with van der Waals surface area (Å²) in [6.07, 6.45) is 0.148. The minimum Gasteiger partial charge on any atom is -0.451 e. The van der Waals surface area contributed by atoms with Crippen LogP contribution in [-0.4, -0.2) is 34.8 Å². The largest absolute Gasteiger partial charge is 0.451 e. The summed E-state index contributed by atoms with van der Waals surface area (Å²) in [6, 6.07) is 10.1. The van der Waals surface area contributed by atoms with Crippen LogP contribution in [0, 0.1) is 25.2 Å². The molecule has 27 heavy (non-hydrogen) atoms. The maximum atomic E-state index is 12.6. The van der Waals surface area contributed by atoms with Gasteiger partial charge >= 0.3 is 5.97 Å². The van der Waals surface area contributed by atoms with Gasteiger partial charge in [0, 0.05) is 25.3 Å². The molecule has 0 bridgehead atoms. The van der Waals surface area contributed by atoms with Gasteiger partial charge in [0.15, 0.2) is 12.3 Å². The highest BCUT2D eigenvalue weighted by Crippen LogP contribution is 2.19. The van der Waals surface area contributed by atoms with E-state index in [1.54, 1.807) is 0 Å². The molecule has 0 aliphatic rings. The Morgan fingerprint density at radius 2 is 1.89 bits per heavy atom. The SMILES string of the molecule is Cc1cc(C)cc(N(CCC#N)C(=O)COC(=O)c2ccc(=O)n(C)n2)c1. The van der Waals surface area contributed by atoms with Crippen molar-refractivity contribution in [1.82, 2.24) is 9.78 Å². The first-order valence-electron chi connectivity index (χ1n) is 8.29. The lowest BCUT2D eigenvalue weighted by Crippen LogP contribution is -2.36. The van der Waals surface area contributed by atoms with Gasteiger partial charge in [0.1, 0.15) is 0 Å². The van der Waals surface area contributed by atoms with Gasteiger partial charge in [-0.3, -0.25) is 9.59 Å². The Morgan fingerprint density at radius 1 is 1.22 bits per heavy atom. The van der Waals surface area contributed by atoms with Crippen molar-refractivity contribution in [3.05, 3.63) is 57.5 Å². The monoisotopic (exact) mass is 368 g/mol. The Balaban J connectivity index is 2.13. The van der Waals surface area contributed by atoms with Crippen molar-refractivity contribution in [2.45, 2.75) is 20.3 Å². The average Bonchev–Trinajstić information content (AvgIpc) is 2.61. The smallest absolute Gasteiger partial charge is 0.359 e. The van der Waals surface area contributed by atoms with Crippen molar-refractivity contribution in [3.63, 3.8) is 0 Å². The molecule has 8 heteroatoms. The zero-order valence-corrected chi connectivity index (χ0v) is 15.4. The lowest BCUT2D eigenvalue weighted by Gasteiger charge is -2.22. The van der Waals surface area contributed by atoms with Gasteiger partial charge in [-0.25, -0.2) is 9.48 Å². The van der Waals surface area contributed by atoms with Crippen LogP contribution in [0.4, 0.5) is 5.69 Å². The van der Waals surface area contributed by atoms with E-state index in [1.807, 2.05) is 38.1 Å². The minimum atomic E-state index is -0.806. The Labute approximate surface area is 156 Å². The first-order valence-corrected chi connectivity index (χ1v) is 8.29. The highest BCUT2D eigenvalue weighted by atomic mass is 16.5. The van der Waals surface area contributed by atoms with Crippen molar-refractivity contribution >= 4 is 17.6 Å². The van der Waals surface area contributed by atoms with Crippen LogP contribution in [0.15, 0.2) is 35.1 Å². The van der Waals surface area contributed by atoms with E-state index in [-0.39, 0.29) is 24.2 Å². The Kier molecular flexibility index (Phi) is 6.44. The molecule has 8 nitrogen and oxygen atoms in total. The predicted molar refractivity (Wildman–Crippen MR) is 98.3 cm³/mol. The van der Waals surface area contributed by atoms with Gasteiger partial charge in [0.25, 0.3) is 11.5 Å². The first kappa shape index (κ1) is 19.8. The molecule has 0 saturated carbocycles. The highest BCUT2D eigenvalue weighted by molar-refractivity contribution is 5.96. The molecule has 0 aliphatic heterocycles. The molecule has 0 spiro atoms. The van der Waals surface area contributed by atoms with Gasteiger partial charge in [0.2, 0.25) is 0 Å². The third-order valence-corrected chi connectivity index (χ3v) is 3.76. The van der Waals surface area contributed by atoms with E-state index >= 15 is 0 Å². The molecule has 1 heterocycles. The number of amides is 1. The maximum absolute atomic E-state index is 12.6. The van der Waals surface area contributed by atoms with Crippen molar-refractivity contribution in [2.75, 3.05) is 18.1 Å². The fourth-order valence-electron chi connectivity index (χ4n) is 2.56. The number of rotatable bonds is 6. The van der Waals surface area contributed by atoms with Gasteiger partial charge in [-0.1, -0.05) is 6.07 Å². The predicted octanol–water partition coefficient (Wildman–Crippen LogP) is 1.50. The third kappa shape index (κ3) is 5.25. The number of esters is 1. The number of anilines is 1. The summed E-state index contributed by atoms with van der Waals surface area (Å²) in [6.45, 7) is 3.51. The molecule has 0 aliphatic carbocycles. The van der Waals surface area contributed by atoms with Crippen LogP contribution in [-0.2, 0) is 16.6 Å². The number of nitrogens with zero attached hydrogens (tertiary/aromatic N) is 4. The van der Waals surface area contributed by atoms with Crippen molar-refractivity contribution in [3.8, 4) is 6.07 Å². The van der Waals surface area contributed by atoms with E-state index in [4.69, 9.17) is 10.00 Å². The number of aryl methyl sites for hydroxylation is 3. The highest BCUT2D eigenvalue weighted by Gasteiger charge is 2.19. The molecular formula is C19H20N4O4. The number of nitriles is 1. The fraction of sp³-hybridized carbons (Fsp3) is 0.316. The normalized spacial score (nSPS) is 10.1. The summed E-state index contributed by atoms with van der Waals surface area (Å²) >= 11 is 0. The zero-order chi connectivity index (χ0) is 20.0. The second-order valence-electron chi connectivity index (χ2n) is 6.06. The van der Waals surface area contributed by atoms with Crippen molar-refractivity contribution < 1.29 is 14.3 Å². The van der Waals surface area contributed by atoms with Gasteiger partial charge < -0.3 is 9.64 Å². The lowest BCUT2D eigenvalue weighted by molar-refractivity contribution is -0.121. The molecule has 0 atom stereocenters. The average molecular weight is 368 g/mol. The lowest BCUT2D eigenvalue weighted by atomic mass is 10.1. The van der Waals surface area contributed by atoms with Gasteiger partial charge in [-0.2, -0.15) is 10.4 Å². The second-order valence-corrected chi connectivity index (χ2v) is 6.06. The van der Waals surface area contributed by atoms with E-state index in [0.717, 1.165) is 15.8 Å². The van der Waals surface area contributed by atoms with Crippen molar-refractivity contribution in [1.29, 1.82) is 5.26 Å². The number of carbonyl (C=O) groups is 2. The number of hydrogen-bond donors (Lipinski definition) is 0. The van der Waals surface area contributed by atoms with Crippen LogP contribution >= 0.6 is 0 Å². The first-order chi connectivity index (χ1) is 12.8. The third-order valence-electron chi connectivity index (χ3n) is 3.76. The van der Waals surface area contributed by atoms with Gasteiger partial charge in [-0.05, 0) is 43.2 Å². The van der Waals surface area contributed by atoms with Crippen LogP contribution < -0.4 is 10.5 Å². The molecule has 2 aromatic rings. The molecule has 0 unspecified atom stereocenters. The molecule has 1 aromatic carbocycles. The second kappa shape index (κ2) is 8.76. The molecule has 0 fully saturated rings. The number of ether oxygens (including phenoxy) is 1. The summed E-state index contributed by atoms with van der Waals surface area (Å²) in [5.74, 6) is -1.26. The van der Waals surface area contributed by atoms with Gasteiger partial charge in [0.05, 0.1) is 12.5 Å². The topological polar surface area (TPSA) is 105 Å². The van der Waals surface area contributed by atoms with E-state index in [0.29, 0.717) is 5.69 Å². The Hall–Kier alpha value is -3.47. The summed E-state index contributed by atoms with van der Waals surface area (Å²) in [4.78, 5) is 37.4.